The molecule has 0 heterocycles. The molecular formula is C18H31N3S. The Bertz CT molecular complexity index is 501. The first kappa shape index (κ1) is 18.9. The van der Waals surface area contributed by atoms with Crippen LogP contribution in [0.5, 0.6) is 0 Å². The quantitative estimate of drug-likeness (QED) is 0.774. The fraction of sp³-hybridized carbons (Fsp3) is 0.611. The van der Waals surface area contributed by atoms with Crippen LogP contribution in [0.4, 0.5) is 5.69 Å². The molecule has 0 bridgehead atoms. The van der Waals surface area contributed by atoms with Crippen molar-refractivity contribution < 1.29 is 0 Å². The number of thiocarbonyl (C=S) groups is 1. The van der Waals surface area contributed by atoms with Gasteiger partial charge in [-0.15, -0.1) is 0 Å². The normalized spacial score (nSPS) is 11.4. The molecule has 2 N–H and O–H groups in total. The van der Waals surface area contributed by atoms with Gasteiger partial charge in [0.15, 0.2) is 5.11 Å². The summed E-state index contributed by atoms with van der Waals surface area (Å²) in [5.74, 6) is 0. The predicted molar refractivity (Wildman–Crippen MR) is 102 cm³/mol. The summed E-state index contributed by atoms with van der Waals surface area (Å²) < 4.78 is 0. The lowest BCUT2D eigenvalue weighted by Gasteiger charge is -2.30. The molecule has 1 aromatic rings. The Morgan fingerprint density at radius 1 is 1.00 bits per heavy atom. The van der Waals surface area contributed by atoms with Crippen molar-refractivity contribution in [2.75, 3.05) is 18.4 Å². The van der Waals surface area contributed by atoms with E-state index in [1.807, 2.05) is 0 Å². The molecule has 0 unspecified atom stereocenters. The first-order chi connectivity index (χ1) is 10.2. The van der Waals surface area contributed by atoms with E-state index in [2.05, 4.69) is 76.1 Å². The van der Waals surface area contributed by atoms with Gasteiger partial charge in [-0.25, -0.2) is 0 Å². The second-order valence-electron chi connectivity index (χ2n) is 6.56. The lowest BCUT2D eigenvalue weighted by atomic mass is 10.1. The summed E-state index contributed by atoms with van der Waals surface area (Å²) in [4.78, 5) is 2.46. The highest BCUT2D eigenvalue weighted by Gasteiger charge is 2.12. The molecule has 22 heavy (non-hydrogen) atoms. The van der Waals surface area contributed by atoms with Crippen molar-refractivity contribution in [3.63, 3.8) is 0 Å². The fourth-order valence-electron chi connectivity index (χ4n) is 2.67. The van der Waals surface area contributed by atoms with Gasteiger partial charge in [0, 0.05) is 30.9 Å². The van der Waals surface area contributed by atoms with Crippen LogP contribution in [0.2, 0.25) is 0 Å². The average molecular weight is 322 g/mol. The number of nitrogens with zero attached hydrogens (tertiary/aromatic N) is 1. The summed E-state index contributed by atoms with van der Waals surface area (Å²) in [6.45, 7) is 17.1. The maximum atomic E-state index is 5.41. The van der Waals surface area contributed by atoms with E-state index < -0.39 is 0 Å². The van der Waals surface area contributed by atoms with E-state index in [-0.39, 0.29) is 0 Å². The third kappa shape index (κ3) is 5.58. The second-order valence-corrected chi connectivity index (χ2v) is 6.97. The van der Waals surface area contributed by atoms with E-state index in [9.17, 15) is 0 Å². The molecule has 0 aliphatic carbocycles. The lowest BCUT2D eigenvalue weighted by Crippen LogP contribution is -2.43. The van der Waals surface area contributed by atoms with E-state index in [0.717, 1.165) is 18.8 Å². The summed E-state index contributed by atoms with van der Waals surface area (Å²) in [7, 11) is 0. The van der Waals surface area contributed by atoms with Crippen molar-refractivity contribution in [1.29, 1.82) is 0 Å². The zero-order chi connectivity index (χ0) is 16.9. The highest BCUT2D eigenvalue weighted by Crippen LogP contribution is 2.19. The number of hydrogen-bond donors (Lipinski definition) is 2. The second kappa shape index (κ2) is 8.49. The van der Waals surface area contributed by atoms with E-state index in [1.54, 1.807) is 0 Å². The van der Waals surface area contributed by atoms with Crippen LogP contribution in [0.25, 0.3) is 0 Å². The minimum atomic E-state index is 0.547. The van der Waals surface area contributed by atoms with Crippen LogP contribution in [0.15, 0.2) is 12.1 Å². The van der Waals surface area contributed by atoms with Gasteiger partial charge < -0.3 is 10.6 Å². The van der Waals surface area contributed by atoms with Gasteiger partial charge in [-0.05, 0) is 83.4 Å². The molecule has 0 saturated heterocycles. The molecule has 124 valence electrons. The van der Waals surface area contributed by atoms with Gasteiger partial charge in [0.25, 0.3) is 0 Å². The molecule has 0 amide bonds. The minimum Gasteiger partial charge on any atom is -0.361 e. The van der Waals surface area contributed by atoms with E-state index in [1.165, 1.54) is 16.7 Å². The van der Waals surface area contributed by atoms with Gasteiger partial charge in [-0.3, -0.25) is 4.90 Å². The Morgan fingerprint density at radius 3 is 2.09 bits per heavy atom. The number of hydrogen-bond acceptors (Lipinski definition) is 2. The Hall–Kier alpha value is -1.13. The van der Waals surface area contributed by atoms with Crippen molar-refractivity contribution in [3.05, 3.63) is 28.8 Å². The standard InChI is InChI=1S/C18H31N3S/c1-12(2)21(13(3)4)9-8-19-18(22)20-17-11-15(6)14(5)10-16(17)7/h10-13H,8-9H2,1-7H3,(H2,19,20,22). The van der Waals surface area contributed by atoms with Crippen molar-refractivity contribution in [3.8, 4) is 0 Å². The predicted octanol–water partition coefficient (Wildman–Crippen LogP) is 4.02. The van der Waals surface area contributed by atoms with Gasteiger partial charge >= 0.3 is 0 Å². The Balaban J connectivity index is 2.52. The van der Waals surface area contributed by atoms with Gasteiger partial charge in [0.2, 0.25) is 0 Å². The van der Waals surface area contributed by atoms with Crippen LogP contribution in [0.3, 0.4) is 0 Å². The van der Waals surface area contributed by atoms with Crippen LogP contribution in [-0.2, 0) is 0 Å². The zero-order valence-electron chi connectivity index (χ0n) is 15.1. The number of rotatable bonds is 6. The molecule has 0 radical (unpaired) electrons. The Morgan fingerprint density at radius 2 is 1.55 bits per heavy atom. The SMILES string of the molecule is Cc1cc(C)c(NC(=S)NCCN(C(C)C)C(C)C)cc1C. The topological polar surface area (TPSA) is 27.3 Å². The van der Waals surface area contributed by atoms with Gasteiger partial charge in [-0.1, -0.05) is 6.07 Å². The fourth-order valence-corrected chi connectivity index (χ4v) is 2.88. The van der Waals surface area contributed by atoms with Crippen molar-refractivity contribution in [2.45, 2.75) is 60.5 Å². The molecular weight excluding hydrogens is 290 g/mol. The summed E-state index contributed by atoms with van der Waals surface area (Å²) in [5.41, 5.74) is 4.90. The highest BCUT2D eigenvalue weighted by atomic mass is 32.1. The maximum Gasteiger partial charge on any atom is 0.170 e. The van der Waals surface area contributed by atoms with E-state index in [4.69, 9.17) is 12.2 Å². The molecule has 0 spiro atoms. The Kier molecular flexibility index (Phi) is 7.30. The average Bonchev–Trinajstić information content (AvgIpc) is 2.40. The molecule has 4 heteroatoms. The smallest absolute Gasteiger partial charge is 0.170 e. The van der Waals surface area contributed by atoms with Crippen molar-refractivity contribution in [1.82, 2.24) is 10.2 Å². The van der Waals surface area contributed by atoms with Crippen LogP contribution < -0.4 is 10.6 Å². The van der Waals surface area contributed by atoms with Crippen molar-refractivity contribution >= 4 is 23.0 Å². The Labute approximate surface area is 141 Å². The van der Waals surface area contributed by atoms with Crippen LogP contribution in [-0.4, -0.2) is 35.2 Å². The molecule has 1 aromatic carbocycles. The molecule has 1 rings (SSSR count). The third-order valence-corrected chi connectivity index (χ3v) is 4.32. The lowest BCUT2D eigenvalue weighted by molar-refractivity contribution is 0.178. The molecule has 0 aliphatic heterocycles. The first-order valence-electron chi connectivity index (χ1n) is 8.10. The molecule has 0 atom stereocenters. The zero-order valence-corrected chi connectivity index (χ0v) is 15.9. The van der Waals surface area contributed by atoms with Crippen LogP contribution >= 0.6 is 12.2 Å². The van der Waals surface area contributed by atoms with Crippen molar-refractivity contribution in [2.24, 2.45) is 0 Å². The van der Waals surface area contributed by atoms with Crippen LogP contribution in [0, 0.1) is 20.8 Å². The largest absolute Gasteiger partial charge is 0.361 e. The van der Waals surface area contributed by atoms with Crippen LogP contribution in [0.1, 0.15) is 44.4 Å². The number of benzene rings is 1. The number of aryl methyl sites for hydroxylation is 3. The summed E-state index contributed by atoms with van der Waals surface area (Å²) >= 11 is 5.41. The molecule has 0 aliphatic rings. The molecule has 3 nitrogen and oxygen atoms in total. The summed E-state index contributed by atoms with van der Waals surface area (Å²) in [6, 6.07) is 5.45. The molecule has 0 aromatic heterocycles. The van der Waals surface area contributed by atoms with Gasteiger partial charge in [0.05, 0.1) is 0 Å². The maximum absolute atomic E-state index is 5.41. The van der Waals surface area contributed by atoms with Gasteiger partial charge in [0.1, 0.15) is 0 Å². The first-order valence-corrected chi connectivity index (χ1v) is 8.51. The van der Waals surface area contributed by atoms with Gasteiger partial charge in [-0.2, -0.15) is 0 Å². The molecule has 0 fully saturated rings. The molecule has 0 saturated carbocycles. The number of nitrogens with one attached hydrogen (secondary N) is 2. The highest BCUT2D eigenvalue weighted by molar-refractivity contribution is 7.80. The van der Waals surface area contributed by atoms with E-state index >= 15 is 0 Å². The van der Waals surface area contributed by atoms with E-state index in [0.29, 0.717) is 17.2 Å². The summed E-state index contributed by atoms with van der Waals surface area (Å²) in [6.07, 6.45) is 0. The minimum absolute atomic E-state index is 0.547. The third-order valence-electron chi connectivity index (χ3n) is 4.07. The summed E-state index contributed by atoms with van der Waals surface area (Å²) in [5, 5.41) is 7.32. The number of anilines is 1. The monoisotopic (exact) mass is 321 g/mol.